The number of piperidine rings is 1. The lowest BCUT2D eigenvalue weighted by Gasteiger charge is -2.34. The number of rotatable bonds is 5. The Morgan fingerprint density at radius 2 is 1.87 bits per heavy atom. The molecular weight excluding hydrogens is 392 g/mol. The van der Waals surface area contributed by atoms with Crippen LogP contribution in [0.1, 0.15) is 36.0 Å². The van der Waals surface area contributed by atoms with Crippen LogP contribution in [0.5, 0.6) is 0 Å². The van der Waals surface area contributed by atoms with Crippen LogP contribution in [0.3, 0.4) is 0 Å². The minimum Gasteiger partial charge on any atom is -0.370 e. The summed E-state index contributed by atoms with van der Waals surface area (Å²) in [5.74, 6) is -0.272. The highest BCUT2D eigenvalue weighted by molar-refractivity contribution is 7.80. The van der Waals surface area contributed by atoms with Crippen molar-refractivity contribution >= 4 is 28.9 Å². The lowest BCUT2D eigenvalue weighted by molar-refractivity contribution is -0.122. The monoisotopic (exact) mass is 422 g/mol. The van der Waals surface area contributed by atoms with Gasteiger partial charge in [-0.2, -0.15) is 0 Å². The van der Waals surface area contributed by atoms with E-state index in [0.717, 1.165) is 44.3 Å². The van der Waals surface area contributed by atoms with Gasteiger partial charge in [-0.25, -0.2) is 0 Å². The van der Waals surface area contributed by atoms with Crippen LogP contribution in [0.15, 0.2) is 48.5 Å². The SMILES string of the molecule is NC(=O)C1CCCN(c2ccccc2CNC(=S)NC2CCc3ccccc3C2)C1. The molecular formula is C24H30N4OS. The number of fused-ring (bicyclic) bond motifs is 1. The number of aryl methyl sites for hydroxylation is 1. The highest BCUT2D eigenvalue weighted by atomic mass is 32.1. The van der Waals surface area contributed by atoms with Crippen molar-refractivity contribution in [3.63, 3.8) is 0 Å². The van der Waals surface area contributed by atoms with Crippen LogP contribution in [0.4, 0.5) is 5.69 Å². The molecule has 5 nitrogen and oxygen atoms in total. The average molecular weight is 423 g/mol. The van der Waals surface area contributed by atoms with Crippen molar-refractivity contribution in [2.45, 2.75) is 44.7 Å². The van der Waals surface area contributed by atoms with E-state index < -0.39 is 0 Å². The van der Waals surface area contributed by atoms with E-state index in [4.69, 9.17) is 18.0 Å². The van der Waals surface area contributed by atoms with Crippen molar-refractivity contribution in [1.29, 1.82) is 0 Å². The minimum atomic E-state index is -0.199. The molecule has 4 N–H and O–H groups in total. The Balaban J connectivity index is 1.34. The number of thiocarbonyl (C=S) groups is 1. The number of anilines is 1. The van der Waals surface area contributed by atoms with Gasteiger partial charge in [0.05, 0.1) is 5.92 Å². The van der Waals surface area contributed by atoms with Gasteiger partial charge in [-0.1, -0.05) is 42.5 Å². The lowest BCUT2D eigenvalue weighted by Crippen LogP contribution is -2.44. The van der Waals surface area contributed by atoms with E-state index in [1.54, 1.807) is 0 Å². The van der Waals surface area contributed by atoms with E-state index in [9.17, 15) is 4.79 Å². The van der Waals surface area contributed by atoms with Crippen LogP contribution in [0.2, 0.25) is 0 Å². The van der Waals surface area contributed by atoms with Gasteiger partial charge < -0.3 is 21.3 Å². The maximum absolute atomic E-state index is 11.7. The van der Waals surface area contributed by atoms with Crippen LogP contribution in [-0.2, 0) is 24.2 Å². The molecule has 1 amide bonds. The summed E-state index contributed by atoms with van der Waals surface area (Å²) in [4.78, 5) is 13.9. The number of carbonyl (C=O) groups excluding carboxylic acids is 1. The Hall–Kier alpha value is -2.60. The van der Waals surface area contributed by atoms with E-state index in [-0.39, 0.29) is 11.8 Å². The molecule has 0 radical (unpaired) electrons. The Labute approximate surface area is 184 Å². The molecule has 0 saturated carbocycles. The van der Waals surface area contributed by atoms with Crippen molar-refractivity contribution in [3.8, 4) is 0 Å². The molecule has 0 aromatic heterocycles. The van der Waals surface area contributed by atoms with E-state index in [1.807, 2.05) is 12.1 Å². The Morgan fingerprint density at radius 1 is 1.10 bits per heavy atom. The number of benzene rings is 2. The summed E-state index contributed by atoms with van der Waals surface area (Å²) in [6.07, 6.45) is 5.06. The molecule has 6 heteroatoms. The third-order valence-corrected chi connectivity index (χ3v) is 6.54. The number of hydrogen-bond donors (Lipinski definition) is 3. The molecule has 0 bridgehead atoms. The number of nitrogens with two attached hydrogens (primary N) is 1. The molecule has 2 unspecified atom stereocenters. The summed E-state index contributed by atoms with van der Waals surface area (Å²) in [7, 11) is 0. The fraction of sp³-hybridized carbons (Fsp3) is 0.417. The summed E-state index contributed by atoms with van der Waals surface area (Å²) < 4.78 is 0. The van der Waals surface area contributed by atoms with Gasteiger partial charge in [0.2, 0.25) is 5.91 Å². The van der Waals surface area contributed by atoms with Crippen molar-refractivity contribution in [2.24, 2.45) is 11.7 Å². The van der Waals surface area contributed by atoms with Crippen molar-refractivity contribution in [3.05, 3.63) is 65.2 Å². The molecule has 2 aliphatic rings. The smallest absolute Gasteiger partial charge is 0.222 e. The first-order valence-electron chi connectivity index (χ1n) is 10.8. The fourth-order valence-corrected chi connectivity index (χ4v) is 4.87. The van der Waals surface area contributed by atoms with Gasteiger partial charge in [-0.15, -0.1) is 0 Å². The number of primary amides is 1. The minimum absolute atomic E-state index is 0.0725. The Kier molecular flexibility index (Phi) is 6.53. The predicted octanol–water partition coefficient (Wildman–Crippen LogP) is 2.91. The van der Waals surface area contributed by atoms with Gasteiger partial charge in [0, 0.05) is 31.4 Å². The van der Waals surface area contributed by atoms with E-state index in [2.05, 4.69) is 51.9 Å². The standard InChI is InChI=1S/C24H30N4OS/c25-23(29)20-9-5-13-28(16-20)22-10-4-3-8-19(22)15-26-24(30)27-21-12-11-17-6-1-2-7-18(17)14-21/h1-4,6-8,10,20-21H,5,9,11-16H2,(H2,25,29)(H2,26,27,30). The number of para-hydroxylation sites is 1. The molecule has 1 saturated heterocycles. The molecule has 1 aliphatic heterocycles. The first kappa shape index (κ1) is 20.7. The first-order chi connectivity index (χ1) is 14.6. The topological polar surface area (TPSA) is 70.4 Å². The van der Waals surface area contributed by atoms with Gasteiger partial charge in [0.1, 0.15) is 0 Å². The van der Waals surface area contributed by atoms with Gasteiger partial charge in [0.25, 0.3) is 0 Å². The third-order valence-electron chi connectivity index (χ3n) is 6.28. The van der Waals surface area contributed by atoms with Crippen molar-refractivity contribution in [1.82, 2.24) is 10.6 Å². The molecule has 1 aliphatic carbocycles. The second-order valence-electron chi connectivity index (χ2n) is 8.35. The number of amides is 1. The number of carbonyl (C=O) groups is 1. The molecule has 4 rings (SSSR count). The zero-order chi connectivity index (χ0) is 20.9. The van der Waals surface area contributed by atoms with Crippen molar-refractivity contribution in [2.75, 3.05) is 18.0 Å². The normalized spacial score (nSPS) is 20.9. The highest BCUT2D eigenvalue weighted by Gasteiger charge is 2.25. The van der Waals surface area contributed by atoms with Crippen LogP contribution in [0, 0.1) is 5.92 Å². The molecule has 1 heterocycles. The van der Waals surface area contributed by atoms with E-state index >= 15 is 0 Å². The predicted molar refractivity (Wildman–Crippen MR) is 125 cm³/mol. The van der Waals surface area contributed by atoms with Crippen LogP contribution in [0.25, 0.3) is 0 Å². The third kappa shape index (κ3) is 4.93. The molecule has 2 atom stereocenters. The lowest BCUT2D eigenvalue weighted by atomic mass is 9.88. The molecule has 30 heavy (non-hydrogen) atoms. The first-order valence-corrected chi connectivity index (χ1v) is 11.2. The summed E-state index contributed by atoms with van der Waals surface area (Å²) >= 11 is 5.59. The molecule has 1 fully saturated rings. The Bertz CT molecular complexity index is 916. The summed E-state index contributed by atoms with van der Waals surface area (Å²) in [5, 5.41) is 7.58. The summed E-state index contributed by atoms with van der Waals surface area (Å²) in [6, 6.07) is 17.4. The molecule has 2 aromatic rings. The largest absolute Gasteiger partial charge is 0.370 e. The van der Waals surface area contributed by atoms with Crippen LogP contribution in [-0.4, -0.2) is 30.2 Å². The van der Waals surface area contributed by atoms with Crippen LogP contribution >= 0.6 is 12.2 Å². The molecule has 2 aromatic carbocycles. The zero-order valence-electron chi connectivity index (χ0n) is 17.3. The van der Waals surface area contributed by atoms with E-state index in [0.29, 0.717) is 24.2 Å². The number of hydrogen-bond acceptors (Lipinski definition) is 3. The number of nitrogens with one attached hydrogen (secondary N) is 2. The quantitative estimate of drug-likeness (QED) is 0.647. The van der Waals surface area contributed by atoms with E-state index in [1.165, 1.54) is 16.7 Å². The van der Waals surface area contributed by atoms with Gasteiger partial charge in [-0.05, 0) is 67.1 Å². The summed E-state index contributed by atoms with van der Waals surface area (Å²) in [6.45, 7) is 2.30. The number of nitrogens with zero attached hydrogens (tertiary/aromatic N) is 1. The maximum atomic E-state index is 11.7. The molecule has 0 spiro atoms. The van der Waals surface area contributed by atoms with Gasteiger partial charge in [0.15, 0.2) is 5.11 Å². The average Bonchev–Trinajstić information content (AvgIpc) is 2.78. The van der Waals surface area contributed by atoms with Gasteiger partial charge >= 0.3 is 0 Å². The van der Waals surface area contributed by atoms with Crippen LogP contribution < -0.4 is 21.3 Å². The summed E-state index contributed by atoms with van der Waals surface area (Å²) in [5.41, 5.74) is 10.8. The van der Waals surface area contributed by atoms with Crippen molar-refractivity contribution < 1.29 is 4.79 Å². The second kappa shape index (κ2) is 9.47. The zero-order valence-corrected chi connectivity index (χ0v) is 18.1. The molecule has 158 valence electrons. The second-order valence-corrected chi connectivity index (χ2v) is 8.76. The fourth-order valence-electron chi connectivity index (χ4n) is 4.63. The van der Waals surface area contributed by atoms with Gasteiger partial charge in [-0.3, -0.25) is 4.79 Å². The maximum Gasteiger partial charge on any atom is 0.222 e. The highest BCUT2D eigenvalue weighted by Crippen LogP contribution is 2.26. The Morgan fingerprint density at radius 3 is 2.70 bits per heavy atom.